The lowest BCUT2D eigenvalue weighted by molar-refractivity contribution is 0.0755. The second-order valence-electron chi connectivity index (χ2n) is 5.65. The predicted octanol–water partition coefficient (Wildman–Crippen LogP) is 3.30. The van der Waals surface area contributed by atoms with Gasteiger partial charge < -0.3 is 10.2 Å². The molecule has 1 unspecified atom stereocenters. The van der Waals surface area contributed by atoms with Crippen LogP contribution in [0.1, 0.15) is 49.4 Å². The summed E-state index contributed by atoms with van der Waals surface area (Å²) in [4.78, 5) is 18.2. The quantitative estimate of drug-likeness (QED) is 0.926. The van der Waals surface area contributed by atoms with E-state index in [2.05, 4.69) is 17.2 Å². The Bertz CT molecular complexity index is 492. The number of anilines is 1. The Kier molecular flexibility index (Phi) is 5.53. The van der Waals surface area contributed by atoms with Crippen molar-refractivity contribution in [2.75, 3.05) is 25.5 Å². The molecule has 1 atom stereocenters. The summed E-state index contributed by atoms with van der Waals surface area (Å²) >= 11 is 0. The first-order valence-electron chi connectivity index (χ1n) is 7.78. The van der Waals surface area contributed by atoms with Crippen LogP contribution in [0, 0.1) is 11.7 Å². The molecule has 0 aliphatic carbocycles. The molecule has 1 aromatic rings. The average Bonchev–Trinajstić information content (AvgIpc) is 2.73. The third kappa shape index (κ3) is 3.71. The van der Waals surface area contributed by atoms with Crippen LogP contribution in [0.15, 0.2) is 12.3 Å². The van der Waals surface area contributed by atoms with Gasteiger partial charge in [-0.05, 0) is 31.2 Å². The third-order valence-electron chi connectivity index (χ3n) is 4.19. The fraction of sp³-hybridized carbons (Fsp3) is 0.625. The number of hydrogen-bond acceptors (Lipinski definition) is 3. The summed E-state index contributed by atoms with van der Waals surface area (Å²) in [7, 11) is 1.60. The molecule has 1 aromatic heterocycles. The maximum Gasteiger partial charge on any atom is 0.257 e. The van der Waals surface area contributed by atoms with Crippen molar-refractivity contribution in [1.29, 1.82) is 0 Å². The minimum absolute atomic E-state index is 0.114. The molecule has 5 heteroatoms. The molecule has 1 saturated heterocycles. The Morgan fingerprint density at radius 1 is 1.48 bits per heavy atom. The standard InChI is InChI=1S/C16H24FN3O/c1-3-5-12-6-4-10-20(11-8-12)16(21)13-7-9-19-15(18-2)14(13)17/h7,9,12H,3-6,8,10-11H2,1-2H3,(H,18,19). The van der Waals surface area contributed by atoms with Gasteiger partial charge in [-0.1, -0.05) is 19.8 Å². The molecule has 2 rings (SSSR count). The van der Waals surface area contributed by atoms with E-state index in [1.165, 1.54) is 25.1 Å². The van der Waals surface area contributed by atoms with Crippen LogP contribution in [0.5, 0.6) is 0 Å². The lowest BCUT2D eigenvalue weighted by Crippen LogP contribution is -2.32. The molecule has 21 heavy (non-hydrogen) atoms. The van der Waals surface area contributed by atoms with Gasteiger partial charge >= 0.3 is 0 Å². The predicted molar refractivity (Wildman–Crippen MR) is 81.9 cm³/mol. The molecule has 0 bridgehead atoms. The fourth-order valence-corrected chi connectivity index (χ4v) is 3.02. The zero-order valence-electron chi connectivity index (χ0n) is 12.9. The minimum atomic E-state index is -0.556. The topological polar surface area (TPSA) is 45.2 Å². The number of rotatable bonds is 4. The normalized spacial score (nSPS) is 19.2. The van der Waals surface area contributed by atoms with Crippen molar-refractivity contribution in [2.24, 2.45) is 5.92 Å². The maximum absolute atomic E-state index is 14.2. The molecule has 0 spiro atoms. The molecular formula is C16H24FN3O. The van der Waals surface area contributed by atoms with Crippen molar-refractivity contribution in [3.63, 3.8) is 0 Å². The Balaban J connectivity index is 2.10. The second-order valence-corrected chi connectivity index (χ2v) is 5.65. The van der Waals surface area contributed by atoms with Crippen LogP contribution in [0.25, 0.3) is 0 Å². The molecule has 1 N–H and O–H groups in total. The van der Waals surface area contributed by atoms with Crippen LogP contribution in [0.2, 0.25) is 0 Å². The van der Waals surface area contributed by atoms with E-state index < -0.39 is 5.82 Å². The molecule has 0 saturated carbocycles. The number of nitrogens with one attached hydrogen (secondary N) is 1. The van der Waals surface area contributed by atoms with Gasteiger partial charge in [0.2, 0.25) is 0 Å². The highest BCUT2D eigenvalue weighted by molar-refractivity contribution is 5.95. The highest BCUT2D eigenvalue weighted by atomic mass is 19.1. The van der Waals surface area contributed by atoms with Gasteiger partial charge in [0.25, 0.3) is 5.91 Å². The molecule has 1 amide bonds. The molecule has 2 heterocycles. The largest absolute Gasteiger partial charge is 0.371 e. The zero-order valence-corrected chi connectivity index (χ0v) is 12.9. The van der Waals surface area contributed by atoms with Crippen LogP contribution in [0.4, 0.5) is 10.2 Å². The van der Waals surface area contributed by atoms with Crippen LogP contribution in [-0.4, -0.2) is 35.9 Å². The summed E-state index contributed by atoms with van der Waals surface area (Å²) in [6.45, 7) is 3.63. The first kappa shape index (κ1) is 15.7. The third-order valence-corrected chi connectivity index (χ3v) is 4.19. The van der Waals surface area contributed by atoms with Gasteiger partial charge in [0.1, 0.15) is 0 Å². The number of nitrogens with zero attached hydrogens (tertiary/aromatic N) is 2. The number of carbonyl (C=O) groups excluding carboxylic acids is 1. The van der Waals surface area contributed by atoms with E-state index in [9.17, 15) is 9.18 Å². The Hall–Kier alpha value is -1.65. The molecular weight excluding hydrogens is 269 g/mol. The van der Waals surface area contributed by atoms with Crippen LogP contribution in [-0.2, 0) is 0 Å². The molecule has 116 valence electrons. The lowest BCUT2D eigenvalue weighted by Gasteiger charge is -2.21. The molecule has 0 aromatic carbocycles. The average molecular weight is 293 g/mol. The summed E-state index contributed by atoms with van der Waals surface area (Å²) < 4.78 is 14.2. The number of aromatic nitrogens is 1. The monoisotopic (exact) mass is 293 g/mol. The van der Waals surface area contributed by atoms with E-state index in [1.54, 1.807) is 11.9 Å². The number of halogens is 1. The first-order chi connectivity index (χ1) is 10.2. The Labute approximate surface area is 125 Å². The Morgan fingerprint density at radius 3 is 3.00 bits per heavy atom. The molecule has 1 aliphatic rings. The van der Waals surface area contributed by atoms with E-state index >= 15 is 0 Å². The summed E-state index contributed by atoms with van der Waals surface area (Å²) in [5.41, 5.74) is 0.114. The van der Waals surface area contributed by atoms with Crippen molar-refractivity contribution in [2.45, 2.75) is 39.0 Å². The van der Waals surface area contributed by atoms with Crippen molar-refractivity contribution in [1.82, 2.24) is 9.88 Å². The number of amides is 1. The number of likely N-dealkylation sites (tertiary alicyclic amines) is 1. The highest BCUT2D eigenvalue weighted by Crippen LogP contribution is 2.24. The first-order valence-corrected chi connectivity index (χ1v) is 7.78. The van der Waals surface area contributed by atoms with E-state index in [0.717, 1.165) is 32.4 Å². The Morgan fingerprint density at radius 2 is 2.29 bits per heavy atom. The lowest BCUT2D eigenvalue weighted by atomic mass is 9.96. The summed E-state index contributed by atoms with van der Waals surface area (Å²) in [5.74, 6) is 0.0467. The number of pyridine rings is 1. The van der Waals surface area contributed by atoms with Gasteiger partial charge in [0.15, 0.2) is 11.6 Å². The van der Waals surface area contributed by atoms with Crippen LogP contribution >= 0.6 is 0 Å². The van der Waals surface area contributed by atoms with Crippen molar-refractivity contribution in [3.8, 4) is 0 Å². The molecule has 0 radical (unpaired) electrons. The summed E-state index contributed by atoms with van der Waals surface area (Å²) in [6, 6.07) is 1.47. The van der Waals surface area contributed by atoms with Gasteiger partial charge in [-0.15, -0.1) is 0 Å². The van der Waals surface area contributed by atoms with Gasteiger partial charge in [-0.3, -0.25) is 4.79 Å². The number of carbonyl (C=O) groups is 1. The van der Waals surface area contributed by atoms with Crippen LogP contribution in [0.3, 0.4) is 0 Å². The zero-order chi connectivity index (χ0) is 15.2. The smallest absolute Gasteiger partial charge is 0.257 e. The SMILES string of the molecule is CCCC1CCCN(C(=O)c2ccnc(NC)c2F)CC1. The highest BCUT2D eigenvalue weighted by Gasteiger charge is 2.24. The molecule has 1 fully saturated rings. The van der Waals surface area contributed by atoms with E-state index in [-0.39, 0.29) is 17.3 Å². The van der Waals surface area contributed by atoms with E-state index in [1.807, 2.05) is 0 Å². The second kappa shape index (κ2) is 7.38. The maximum atomic E-state index is 14.2. The van der Waals surface area contributed by atoms with Crippen LogP contribution < -0.4 is 5.32 Å². The summed E-state index contributed by atoms with van der Waals surface area (Å²) in [6.07, 6.45) is 7.06. The van der Waals surface area contributed by atoms with Gasteiger partial charge in [0.05, 0.1) is 5.56 Å². The molecule has 4 nitrogen and oxygen atoms in total. The molecule has 1 aliphatic heterocycles. The fourth-order valence-electron chi connectivity index (χ4n) is 3.02. The van der Waals surface area contributed by atoms with E-state index in [0.29, 0.717) is 5.92 Å². The number of hydrogen-bond donors (Lipinski definition) is 1. The van der Waals surface area contributed by atoms with E-state index in [4.69, 9.17) is 0 Å². The van der Waals surface area contributed by atoms with Crippen molar-refractivity contribution < 1.29 is 9.18 Å². The van der Waals surface area contributed by atoms with Gasteiger partial charge in [0, 0.05) is 26.3 Å². The van der Waals surface area contributed by atoms with Crippen molar-refractivity contribution >= 4 is 11.7 Å². The van der Waals surface area contributed by atoms with Crippen molar-refractivity contribution in [3.05, 3.63) is 23.6 Å². The summed E-state index contributed by atoms with van der Waals surface area (Å²) in [5, 5.41) is 2.67. The van der Waals surface area contributed by atoms with Gasteiger partial charge in [-0.2, -0.15) is 0 Å². The minimum Gasteiger partial charge on any atom is -0.371 e. The van der Waals surface area contributed by atoms with Gasteiger partial charge in [-0.25, -0.2) is 9.37 Å².